The highest BCUT2D eigenvalue weighted by atomic mass is 16.5. The van der Waals surface area contributed by atoms with Gasteiger partial charge in [0, 0.05) is 6.42 Å². The van der Waals surface area contributed by atoms with Gasteiger partial charge in [0.15, 0.2) is 0 Å². The molecule has 0 saturated carbocycles. The molecular formula is C10H12N2O3. The van der Waals surface area contributed by atoms with Gasteiger partial charge in [0.25, 0.3) is 0 Å². The number of carboxylic acid groups (broad SMARTS) is 1. The van der Waals surface area contributed by atoms with Crippen LogP contribution in [0.15, 0.2) is 24.4 Å². The second-order valence-electron chi connectivity index (χ2n) is 3.11. The molecule has 0 bridgehead atoms. The van der Waals surface area contributed by atoms with Crippen molar-refractivity contribution < 1.29 is 14.6 Å². The van der Waals surface area contributed by atoms with Crippen LogP contribution in [-0.4, -0.2) is 27.9 Å². The topological polar surface area (TPSA) is 72.3 Å². The number of aromatic nitrogens is 2. The van der Waals surface area contributed by atoms with Crippen molar-refractivity contribution in [2.75, 3.05) is 6.61 Å². The Kier molecular flexibility index (Phi) is 3.79. The molecule has 0 atom stereocenters. The van der Waals surface area contributed by atoms with Crippen molar-refractivity contribution in [2.24, 2.45) is 0 Å². The van der Waals surface area contributed by atoms with Crippen LogP contribution >= 0.6 is 0 Å². The third-order valence-corrected chi connectivity index (χ3v) is 1.68. The quantitative estimate of drug-likeness (QED) is 0.742. The lowest BCUT2D eigenvalue weighted by molar-refractivity contribution is 0.0691. The van der Waals surface area contributed by atoms with Crippen molar-refractivity contribution in [2.45, 2.75) is 13.3 Å². The molecule has 1 aromatic rings. The molecule has 1 heterocycles. The number of nitrogens with zero attached hydrogens (tertiary/aromatic N) is 2. The molecule has 0 aliphatic rings. The Balaban J connectivity index is 2.67. The lowest BCUT2D eigenvalue weighted by Crippen LogP contribution is -2.07. The molecule has 15 heavy (non-hydrogen) atoms. The first-order valence-corrected chi connectivity index (χ1v) is 4.43. The summed E-state index contributed by atoms with van der Waals surface area (Å²) in [5.41, 5.74) is 0.988. The first-order valence-electron chi connectivity index (χ1n) is 4.43. The van der Waals surface area contributed by atoms with Crippen LogP contribution in [0.2, 0.25) is 0 Å². The minimum atomic E-state index is -1.07. The van der Waals surface area contributed by atoms with E-state index in [4.69, 9.17) is 9.84 Å². The highest BCUT2D eigenvalue weighted by Gasteiger charge is 2.12. The van der Waals surface area contributed by atoms with Gasteiger partial charge in [-0.3, -0.25) is 0 Å². The molecule has 1 rings (SSSR count). The van der Waals surface area contributed by atoms with E-state index in [9.17, 15) is 4.79 Å². The Morgan fingerprint density at radius 3 is 3.00 bits per heavy atom. The third-order valence-electron chi connectivity index (χ3n) is 1.68. The van der Waals surface area contributed by atoms with Crippen molar-refractivity contribution in [3.63, 3.8) is 0 Å². The largest absolute Gasteiger partial charge is 0.477 e. The lowest BCUT2D eigenvalue weighted by atomic mass is 10.2. The Hall–Kier alpha value is -1.91. The number of rotatable bonds is 5. The van der Waals surface area contributed by atoms with Crippen molar-refractivity contribution in [1.82, 2.24) is 10.2 Å². The number of carbonyl (C=O) groups is 1. The molecule has 5 heteroatoms. The van der Waals surface area contributed by atoms with Crippen LogP contribution in [0.4, 0.5) is 0 Å². The first kappa shape index (κ1) is 11.2. The Morgan fingerprint density at radius 2 is 2.40 bits per heavy atom. The summed E-state index contributed by atoms with van der Waals surface area (Å²) in [5.74, 6) is -1.03. The molecule has 0 saturated heterocycles. The number of aromatic carboxylic acids is 1. The summed E-state index contributed by atoms with van der Waals surface area (Å²) in [6.45, 7) is 5.94. The Labute approximate surface area is 87.4 Å². The normalized spacial score (nSPS) is 9.67. The van der Waals surface area contributed by atoms with E-state index in [1.807, 2.05) is 6.92 Å². The van der Waals surface area contributed by atoms with E-state index >= 15 is 0 Å². The van der Waals surface area contributed by atoms with Crippen LogP contribution in [0.3, 0.4) is 0 Å². The molecule has 0 spiro atoms. The zero-order valence-corrected chi connectivity index (χ0v) is 8.43. The third kappa shape index (κ3) is 3.38. The van der Waals surface area contributed by atoms with Gasteiger partial charge >= 0.3 is 5.97 Å². The van der Waals surface area contributed by atoms with Gasteiger partial charge in [-0.05, 0) is 13.0 Å². The van der Waals surface area contributed by atoms with Gasteiger partial charge in [0.05, 0.1) is 12.8 Å². The molecule has 0 aliphatic carbocycles. The van der Waals surface area contributed by atoms with Gasteiger partial charge in [-0.15, -0.1) is 11.7 Å². The number of carboxylic acids is 1. The minimum Gasteiger partial charge on any atom is -0.477 e. The van der Waals surface area contributed by atoms with Crippen LogP contribution in [-0.2, 0) is 0 Å². The average Bonchev–Trinajstić information content (AvgIpc) is 2.17. The summed E-state index contributed by atoms with van der Waals surface area (Å²) < 4.78 is 5.19. The van der Waals surface area contributed by atoms with Crippen LogP contribution < -0.4 is 4.74 Å². The molecule has 0 amide bonds. The lowest BCUT2D eigenvalue weighted by Gasteiger charge is -2.06. The number of ether oxygens (including phenoxy) is 1. The van der Waals surface area contributed by atoms with Gasteiger partial charge in [-0.1, -0.05) is 5.57 Å². The van der Waals surface area contributed by atoms with Gasteiger partial charge in [-0.25, -0.2) is 4.79 Å². The predicted molar refractivity (Wildman–Crippen MR) is 53.9 cm³/mol. The zero-order chi connectivity index (χ0) is 11.3. The van der Waals surface area contributed by atoms with E-state index in [1.54, 1.807) is 0 Å². The van der Waals surface area contributed by atoms with E-state index < -0.39 is 5.97 Å². The van der Waals surface area contributed by atoms with Crippen molar-refractivity contribution in [3.8, 4) is 5.88 Å². The molecule has 0 aromatic carbocycles. The van der Waals surface area contributed by atoms with Crippen molar-refractivity contribution in [3.05, 3.63) is 30.0 Å². The minimum absolute atomic E-state index is 0.0201. The van der Waals surface area contributed by atoms with E-state index in [0.717, 1.165) is 5.57 Å². The second-order valence-corrected chi connectivity index (χ2v) is 3.11. The maximum atomic E-state index is 10.8. The van der Waals surface area contributed by atoms with E-state index in [0.29, 0.717) is 13.0 Å². The van der Waals surface area contributed by atoms with Crippen LogP contribution in [0, 0.1) is 0 Å². The molecule has 0 fully saturated rings. The highest BCUT2D eigenvalue weighted by Crippen LogP contribution is 2.13. The summed E-state index contributed by atoms with van der Waals surface area (Å²) in [4.78, 5) is 10.8. The van der Waals surface area contributed by atoms with Gasteiger partial charge < -0.3 is 9.84 Å². The molecule has 0 unspecified atom stereocenters. The fraction of sp³-hybridized carbons (Fsp3) is 0.300. The number of hydrogen-bond acceptors (Lipinski definition) is 4. The van der Waals surface area contributed by atoms with Gasteiger partial charge in [0.1, 0.15) is 5.56 Å². The molecule has 1 N–H and O–H groups in total. The summed E-state index contributed by atoms with van der Waals surface area (Å²) in [7, 11) is 0. The Morgan fingerprint density at radius 1 is 1.67 bits per heavy atom. The van der Waals surface area contributed by atoms with E-state index in [1.165, 1.54) is 12.3 Å². The Bertz CT molecular complexity index is 377. The SMILES string of the molecule is C=C(C)CCOc1nnccc1C(=O)O. The predicted octanol–water partition coefficient (Wildman–Crippen LogP) is 1.52. The van der Waals surface area contributed by atoms with E-state index in [-0.39, 0.29) is 11.4 Å². The average molecular weight is 208 g/mol. The fourth-order valence-electron chi connectivity index (χ4n) is 0.910. The monoisotopic (exact) mass is 208 g/mol. The number of hydrogen-bond donors (Lipinski definition) is 1. The zero-order valence-electron chi connectivity index (χ0n) is 8.43. The second kappa shape index (κ2) is 5.09. The smallest absolute Gasteiger partial charge is 0.341 e. The molecular weight excluding hydrogens is 196 g/mol. The summed E-state index contributed by atoms with van der Waals surface area (Å²) >= 11 is 0. The first-order chi connectivity index (χ1) is 7.11. The van der Waals surface area contributed by atoms with Crippen LogP contribution in [0.1, 0.15) is 23.7 Å². The standard InChI is InChI=1S/C10H12N2O3/c1-7(2)4-6-15-9-8(10(13)14)3-5-11-12-9/h3,5H,1,4,6H2,2H3,(H,13,14). The van der Waals surface area contributed by atoms with E-state index in [2.05, 4.69) is 16.8 Å². The molecule has 80 valence electrons. The van der Waals surface area contributed by atoms with Gasteiger partial charge in [0.2, 0.25) is 5.88 Å². The molecule has 5 nitrogen and oxygen atoms in total. The summed E-state index contributed by atoms with van der Waals surface area (Å²) in [6.07, 6.45) is 1.98. The molecule has 0 radical (unpaired) electrons. The molecule has 0 aliphatic heterocycles. The summed E-state index contributed by atoms with van der Waals surface area (Å²) in [6, 6.07) is 1.35. The van der Waals surface area contributed by atoms with Crippen LogP contribution in [0.5, 0.6) is 5.88 Å². The van der Waals surface area contributed by atoms with Crippen molar-refractivity contribution >= 4 is 5.97 Å². The van der Waals surface area contributed by atoms with Crippen LogP contribution in [0.25, 0.3) is 0 Å². The highest BCUT2D eigenvalue weighted by molar-refractivity contribution is 5.89. The van der Waals surface area contributed by atoms with Gasteiger partial charge in [-0.2, -0.15) is 5.10 Å². The fourth-order valence-corrected chi connectivity index (χ4v) is 0.910. The maximum absolute atomic E-state index is 10.8. The van der Waals surface area contributed by atoms with Crippen molar-refractivity contribution in [1.29, 1.82) is 0 Å². The summed E-state index contributed by atoms with van der Waals surface area (Å²) in [5, 5.41) is 16.0. The maximum Gasteiger partial charge on any atom is 0.341 e. The molecule has 1 aromatic heterocycles.